The van der Waals surface area contributed by atoms with E-state index >= 15 is 0 Å². The highest BCUT2D eigenvalue weighted by atomic mass is 35.5. The molecule has 16 heavy (non-hydrogen) atoms. The van der Waals surface area contributed by atoms with Gasteiger partial charge in [-0.1, -0.05) is 20.3 Å². The number of alkyl halides is 1. The molecule has 1 aliphatic rings. The number of carbonyl (C=O) groups excluding carboxylic acids is 1. The van der Waals surface area contributed by atoms with Crippen molar-refractivity contribution in [2.45, 2.75) is 46.0 Å². The Labute approximate surface area is 104 Å². The summed E-state index contributed by atoms with van der Waals surface area (Å²) in [6, 6.07) is 0. The fourth-order valence-electron chi connectivity index (χ4n) is 2.38. The maximum atomic E-state index is 11.7. The van der Waals surface area contributed by atoms with Gasteiger partial charge in [-0.25, -0.2) is 0 Å². The smallest absolute Gasteiger partial charge is 0.222 e. The number of nitrogens with zero attached hydrogens (tertiary/aromatic N) is 1. The molecule has 2 nitrogen and oxygen atoms in total. The van der Waals surface area contributed by atoms with E-state index < -0.39 is 0 Å². The number of carbonyl (C=O) groups is 1. The third-order valence-electron chi connectivity index (χ3n) is 3.49. The molecule has 0 bridgehead atoms. The maximum Gasteiger partial charge on any atom is 0.222 e. The van der Waals surface area contributed by atoms with Crippen LogP contribution in [0, 0.1) is 11.8 Å². The molecule has 2 atom stereocenters. The lowest BCUT2D eigenvalue weighted by atomic mass is 10.0. The minimum Gasteiger partial charge on any atom is -0.342 e. The molecule has 0 radical (unpaired) electrons. The molecule has 1 aliphatic heterocycles. The molecule has 1 heterocycles. The molecule has 0 aliphatic carbocycles. The van der Waals surface area contributed by atoms with Crippen molar-refractivity contribution in [3.8, 4) is 0 Å². The van der Waals surface area contributed by atoms with Crippen molar-refractivity contribution < 1.29 is 4.79 Å². The van der Waals surface area contributed by atoms with Crippen molar-refractivity contribution in [2.75, 3.05) is 19.0 Å². The second-order valence-electron chi connectivity index (χ2n) is 5.07. The summed E-state index contributed by atoms with van der Waals surface area (Å²) in [6.45, 7) is 6.32. The van der Waals surface area contributed by atoms with E-state index in [0.717, 1.165) is 38.2 Å². The zero-order valence-corrected chi connectivity index (χ0v) is 11.3. The van der Waals surface area contributed by atoms with Gasteiger partial charge in [-0.3, -0.25) is 4.79 Å². The lowest BCUT2D eigenvalue weighted by Crippen LogP contribution is -2.27. The molecule has 0 aromatic rings. The zero-order chi connectivity index (χ0) is 12.0. The van der Waals surface area contributed by atoms with Gasteiger partial charge in [0.15, 0.2) is 0 Å². The Bertz CT molecular complexity index is 220. The zero-order valence-electron chi connectivity index (χ0n) is 10.5. The van der Waals surface area contributed by atoms with Gasteiger partial charge in [0.2, 0.25) is 5.91 Å². The van der Waals surface area contributed by atoms with Crippen molar-refractivity contribution >= 4 is 17.5 Å². The van der Waals surface area contributed by atoms with Crippen molar-refractivity contribution in [1.29, 1.82) is 0 Å². The van der Waals surface area contributed by atoms with Gasteiger partial charge in [0.05, 0.1) is 0 Å². The molecular weight excluding hydrogens is 222 g/mol. The van der Waals surface area contributed by atoms with Crippen LogP contribution in [-0.4, -0.2) is 29.8 Å². The van der Waals surface area contributed by atoms with Crippen molar-refractivity contribution in [3.05, 3.63) is 0 Å². The summed E-state index contributed by atoms with van der Waals surface area (Å²) in [5.41, 5.74) is 0. The predicted molar refractivity (Wildman–Crippen MR) is 68.7 cm³/mol. The van der Waals surface area contributed by atoms with Gasteiger partial charge in [0.25, 0.3) is 0 Å². The number of likely N-dealkylation sites (tertiary alicyclic amines) is 1. The Morgan fingerprint density at radius 2 is 2.25 bits per heavy atom. The van der Waals surface area contributed by atoms with Crippen LogP contribution in [0.15, 0.2) is 0 Å². The average Bonchev–Trinajstić information content (AvgIpc) is 2.57. The first kappa shape index (κ1) is 13.8. The molecule has 1 fully saturated rings. The van der Waals surface area contributed by atoms with E-state index in [0.29, 0.717) is 17.7 Å². The molecule has 2 unspecified atom stereocenters. The van der Waals surface area contributed by atoms with Gasteiger partial charge >= 0.3 is 0 Å². The Kier molecular flexibility index (Phi) is 6.18. The van der Waals surface area contributed by atoms with Gasteiger partial charge in [0, 0.05) is 25.4 Å². The molecule has 0 saturated carbocycles. The van der Waals surface area contributed by atoms with Gasteiger partial charge in [-0.05, 0) is 31.1 Å². The number of rotatable bonds is 7. The van der Waals surface area contributed by atoms with Crippen molar-refractivity contribution in [3.63, 3.8) is 0 Å². The quantitative estimate of drug-likeness (QED) is 0.631. The summed E-state index contributed by atoms with van der Waals surface area (Å²) in [4.78, 5) is 13.8. The van der Waals surface area contributed by atoms with Gasteiger partial charge in [-0.2, -0.15) is 0 Å². The fraction of sp³-hybridized carbons (Fsp3) is 0.923. The van der Waals surface area contributed by atoms with Crippen LogP contribution in [0.4, 0.5) is 0 Å². The highest BCUT2D eigenvalue weighted by Gasteiger charge is 2.28. The van der Waals surface area contributed by atoms with E-state index in [1.165, 1.54) is 12.8 Å². The van der Waals surface area contributed by atoms with Gasteiger partial charge in [-0.15, -0.1) is 11.6 Å². The van der Waals surface area contributed by atoms with E-state index in [1.54, 1.807) is 0 Å². The molecular formula is C13H24ClNO. The Hall–Kier alpha value is -0.240. The Morgan fingerprint density at radius 3 is 2.88 bits per heavy atom. The number of hydrogen-bond donors (Lipinski definition) is 0. The largest absolute Gasteiger partial charge is 0.342 e. The van der Waals surface area contributed by atoms with Gasteiger partial charge < -0.3 is 4.90 Å². The third kappa shape index (κ3) is 4.32. The van der Waals surface area contributed by atoms with Crippen LogP contribution < -0.4 is 0 Å². The van der Waals surface area contributed by atoms with E-state index in [1.807, 2.05) is 4.90 Å². The minimum atomic E-state index is 0.358. The summed E-state index contributed by atoms with van der Waals surface area (Å²) >= 11 is 5.70. The standard InChI is InChI=1S/C13H24ClNO/c1-3-4-12-9-13(16)15(10-12)8-6-11(2)5-7-14/h11-12H,3-10H2,1-2H3. The van der Waals surface area contributed by atoms with Crippen LogP contribution in [0.5, 0.6) is 0 Å². The van der Waals surface area contributed by atoms with E-state index in [-0.39, 0.29) is 0 Å². The molecule has 3 heteroatoms. The average molecular weight is 246 g/mol. The number of hydrogen-bond acceptors (Lipinski definition) is 1. The topological polar surface area (TPSA) is 20.3 Å². The van der Waals surface area contributed by atoms with Crippen LogP contribution in [0.3, 0.4) is 0 Å². The Balaban J connectivity index is 2.24. The molecule has 1 saturated heterocycles. The first-order valence-corrected chi connectivity index (χ1v) is 7.04. The third-order valence-corrected chi connectivity index (χ3v) is 3.70. The monoisotopic (exact) mass is 245 g/mol. The van der Waals surface area contributed by atoms with Crippen LogP contribution in [0.2, 0.25) is 0 Å². The number of amides is 1. The van der Waals surface area contributed by atoms with Crippen LogP contribution in [-0.2, 0) is 4.79 Å². The molecule has 94 valence electrons. The molecule has 0 aromatic heterocycles. The lowest BCUT2D eigenvalue weighted by molar-refractivity contribution is -0.127. The summed E-state index contributed by atoms with van der Waals surface area (Å²) in [5.74, 6) is 2.33. The first-order chi connectivity index (χ1) is 7.67. The van der Waals surface area contributed by atoms with Crippen LogP contribution in [0.25, 0.3) is 0 Å². The Morgan fingerprint density at radius 1 is 1.50 bits per heavy atom. The summed E-state index contributed by atoms with van der Waals surface area (Å²) in [5, 5.41) is 0. The van der Waals surface area contributed by atoms with Crippen LogP contribution >= 0.6 is 11.6 Å². The second-order valence-corrected chi connectivity index (χ2v) is 5.45. The van der Waals surface area contributed by atoms with Crippen molar-refractivity contribution in [1.82, 2.24) is 4.90 Å². The summed E-state index contributed by atoms with van der Waals surface area (Å²) < 4.78 is 0. The fourth-order valence-corrected chi connectivity index (χ4v) is 2.75. The normalized spacial score (nSPS) is 22.8. The second kappa shape index (κ2) is 7.16. The highest BCUT2D eigenvalue weighted by Crippen LogP contribution is 2.23. The predicted octanol–water partition coefficient (Wildman–Crippen LogP) is 3.29. The SMILES string of the molecule is CCCC1CC(=O)N(CCC(C)CCCl)C1. The molecule has 0 N–H and O–H groups in total. The lowest BCUT2D eigenvalue weighted by Gasteiger charge is -2.19. The van der Waals surface area contributed by atoms with Gasteiger partial charge in [0.1, 0.15) is 0 Å². The summed E-state index contributed by atoms with van der Waals surface area (Å²) in [7, 11) is 0. The van der Waals surface area contributed by atoms with E-state index in [2.05, 4.69) is 13.8 Å². The first-order valence-electron chi connectivity index (χ1n) is 6.51. The minimum absolute atomic E-state index is 0.358. The molecule has 0 aromatic carbocycles. The molecule has 1 amide bonds. The van der Waals surface area contributed by atoms with E-state index in [9.17, 15) is 4.79 Å². The molecule has 0 spiro atoms. The highest BCUT2D eigenvalue weighted by molar-refractivity contribution is 6.17. The number of halogens is 1. The molecule has 1 rings (SSSR count). The maximum absolute atomic E-state index is 11.7. The summed E-state index contributed by atoms with van der Waals surface area (Å²) in [6.07, 6.45) is 5.31. The van der Waals surface area contributed by atoms with Crippen molar-refractivity contribution in [2.24, 2.45) is 11.8 Å². The van der Waals surface area contributed by atoms with E-state index in [4.69, 9.17) is 11.6 Å². The van der Waals surface area contributed by atoms with Crippen LogP contribution in [0.1, 0.15) is 46.0 Å².